The molecule has 1 saturated heterocycles. The number of hydrogen-bond acceptors (Lipinski definition) is 3. The average molecular weight is 260 g/mol. The molecule has 17 heavy (non-hydrogen) atoms. The average Bonchev–Trinajstić information content (AvgIpc) is 2.15. The van der Waals surface area contributed by atoms with Crippen molar-refractivity contribution >= 4 is 15.9 Å². The molecule has 0 aromatic heterocycles. The standard InChI is InChI=1S/C11H20N2O3S/c1-9(2)8-11(14)12-10-4-6-13(7-5-10)17(3,15)16/h8,10H,4-7H2,1-3H3,(H,12,14). The lowest BCUT2D eigenvalue weighted by molar-refractivity contribution is -0.117. The van der Waals surface area contributed by atoms with Gasteiger partial charge in [0.15, 0.2) is 0 Å². The molecule has 6 heteroatoms. The van der Waals surface area contributed by atoms with Crippen LogP contribution in [-0.2, 0) is 14.8 Å². The maximum absolute atomic E-state index is 11.5. The van der Waals surface area contributed by atoms with Gasteiger partial charge in [-0.2, -0.15) is 0 Å². The van der Waals surface area contributed by atoms with Gasteiger partial charge < -0.3 is 5.32 Å². The minimum Gasteiger partial charge on any atom is -0.350 e. The van der Waals surface area contributed by atoms with Gasteiger partial charge in [-0.3, -0.25) is 4.79 Å². The first-order valence-corrected chi connectivity index (χ1v) is 7.54. The predicted molar refractivity (Wildman–Crippen MR) is 67.0 cm³/mol. The Kier molecular flexibility index (Phi) is 4.70. The third kappa shape index (κ3) is 4.87. The van der Waals surface area contributed by atoms with Crippen LogP contribution in [0.25, 0.3) is 0 Å². The van der Waals surface area contributed by atoms with E-state index in [-0.39, 0.29) is 11.9 Å². The van der Waals surface area contributed by atoms with Gasteiger partial charge in [-0.15, -0.1) is 0 Å². The number of hydrogen-bond donors (Lipinski definition) is 1. The summed E-state index contributed by atoms with van der Waals surface area (Å²) in [7, 11) is -3.09. The largest absolute Gasteiger partial charge is 0.350 e. The third-order valence-electron chi connectivity index (χ3n) is 2.69. The lowest BCUT2D eigenvalue weighted by Gasteiger charge is -2.30. The van der Waals surface area contributed by atoms with Gasteiger partial charge in [0.1, 0.15) is 0 Å². The summed E-state index contributed by atoms with van der Waals surface area (Å²) in [6.07, 6.45) is 4.13. The van der Waals surface area contributed by atoms with Crippen molar-refractivity contribution in [1.82, 2.24) is 9.62 Å². The van der Waals surface area contributed by atoms with E-state index in [1.807, 2.05) is 13.8 Å². The van der Waals surface area contributed by atoms with Crippen LogP contribution in [0.15, 0.2) is 11.6 Å². The van der Waals surface area contributed by atoms with Crippen LogP contribution in [0.4, 0.5) is 0 Å². The first kappa shape index (κ1) is 14.2. The highest BCUT2D eigenvalue weighted by Crippen LogP contribution is 2.13. The lowest BCUT2D eigenvalue weighted by atomic mass is 10.1. The van der Waals surface area contributed by atoms with E-state index in [1.165, 1.54) is 10.6 Å². The number of allylic oxidation sites excluding steroid dienone is 1. The topological polar surface area (TPSA) is 66.5 Å². The molecule has 0 bridgehead atoms. The quantitative estimate of drug-likeness (QED) is 0.751. The molecule has 1 N–H and O–H groups in total. The number of nitrogens with zero attached hydrogens (tertiary/aromatic N) is 1. The lowest BCUT2D eigenvalue weighted by Crippen LogP contribution is -2.45. The first-order valence-electron chi connectivity index (χ1n) is 5.69. The van der Waals surface area contributed by atoms with Gasteiger partial charge in [0.2, 0.25) is 15.9 Å². The number of nitrogens with one attached hydrogen (secondary N) is 1. The van der Waals surface area contributed by atoms with Gasteiger partial charge in [-0.1, -0.05) is 5.57 Å². The summed E-state index contributed by atoms with van der Waals surface area (Å²) in [4.78, 5) is 11.5. The van der Waals surface area contributed by atoms with Crippen molar-refractivity contribution in [1.29, 1.82) is 0 Å². The van der Waals surface area contributed by atoms with E-state index < -0.39 is 10.0 Å². The molecule has 1 aliphatic rings. The van der Waals surface area contributed by atoms with Crippen LogP contribution in [0.2, 0.25) is 0 Å². The Morgan fingerprint density at radius 2 is 1.82 bits per heavy atom. The zero-order chi connectivity index (χ0) is 13.1. The van der Waals surface area contributed by atoms with Crippen LogP contribution in [0.1, 0.15) is 26.7 Å². The number of carbonyl (C=O) groups excluding carboxylic acids is 1. The highest BCUT2D eigenvalue weighted by molar-refractivity contribution is 7.88. The minimum atomic E-state index is -3.09. The van der Waals surface area contributed by atoms with E-state index in [9.17, 15) is 13.2 Å². The maximum atomic E-state index is 11.5. The molecular weight excluding hydrogens is 240 g/mol. The fraction of sp³-hybridized carbons (Fsp3) is 0.727. The normalized spacial score (nSPS) is 18.8. The molecule has 0 aromatic rings. The molecule has 1 aliphatic heterocycles. The molecular formula is C11H20N2O3S. The second kappa shape index (κ2) is 5.64. The molecule has 0 unspecified atom stereocenters. The Labute approximate surface area is 103 Å². The van der Waals surface area contributed by atoms with E-state index in [1.54, 1.807) is 6.08 Å². The van der Waals surface area contributed by atoms with Gasteiger partial charge in [0.05, 0.1) is 6.26 Å². The Morgan fingerprint density at radius 1 is 1.29 bits per heavy atom. The maximum Gasteiger partial charge on any atom is 0.244 e. The summed E-state index contributed by atoms with van der Waals surface area (Å²) in [6.45, 7) is 4.70. The van der Waals surface area contributed by atoms with E-state index in [2.05, 4.69) is 5.32 Å². The smallest absolute Gasteiger partial charge is 0.244 e. The van der Waals surface area contributed by atoms with Gasteiger partial charge in [0, 0.05) is 25.2 Å². The van der Waals surface area contributed by atoms with Crippen molar-refractivity contribution in [3.8, 4) is 0 Å². The second-order valence-electron chi connectivity index (χ2n) is 4.67. The Balaban J connectivity index is 2.43. The van der Waals surface area contributed by atoms with E-state index in [4.69, 9.17) is 0 Å². The molecule has 1 heterocycles. The summed E-state index contributed by atoms with van der Waals surface area (Å²) in [6, 6.07) is 0.0797. The van der Waals surface area contributed by atoms with E-state index in [0.717, 1.165) is 5.57 Å². The molecule has 5 nitrogen and oxygen atoms in total. The summed E-state index contributed by atoms with van der Waals surface area (Å²) < 4.78 is 24.0. The van der Waals surface area contributed by atoms with Gasteiger partial charge in [-0.25, -0.2) is 12.7 Å². The fourth-order valence-corrected chi connectivity index (χ4v) is 2.71. The number of sulfonamides is 1. The molecule has 1 fully saturated rings. The zero-order valence-corrected chi connectivity index (χ0v) is 11.4. The van der Waals surface area contributed by atoms with Crippen molar-refractivity contribution in [2.45, 2.75) is 32.7 Å². The second-order valence-corrected chi connectivity index (χ2v) is 6.65. The Morgan fingerprint density at radius 3 is 2.24 bits per heavy atom. The van der Waals surface area contributed by atoms with Crippen LogP contribution in [0, 0.1) is 0 Å². The van der Waals surface area contributed by atoms with Crippen LogP contribution in [-0.4, -0.2) is 44.0 Å². The summed E-state index contributed by atoms with van der Waals surface area (Å²) >= 11 is 0. The van der Waals surface area contributed by atoms with Crippen LogP contribution >= 0.6 is 0 Å². The number of piperidine rings is 1. The Hall–Kier alpha value is -0.880. The monoisotopic (exact) mass is 260 g/mol. The predicted octanol–water partition coefficient (Wildman–Crippen LogP) is 0.493. The molecule has 98 valence electrons. The fourth-order valence-electron chi connectivity index (χ4n) is 1.84. The van der Waals surface area contributed by atoms with Crippen LogP contribution in [0.5, 0.6) is 0 Å². The van der Waals surface area contributed by atoms with Gasteiger partial charge in [0.25, 0.3) is 0 Å². The summed E-state index contributed by atoms with van der Waals surface area (Å²) in [5, 5.41) is 2.89. The first-order chi connectivity index (χ1) is 7.79. The van der Waals surface area contributed by atoms with Crippen molar-refractivity contribution in [3.63, 3.8) is 0 Å². The SMILES string of the molecule is CC(C)=CC(=O)NC1CCN(S(C)(=O)=O)CC1. The van der Waals surface area contributed by atoms with Gasteiger partial charge >= 0.3 is 0 Å². The van der Waals surface area contributed by atoms with Crippen molar-refractivity contribution in [2.24, 2.45) is 0 Å². The number of carbonyl (C=O) groups is 1. The third-order valence-corrected chi connectivity index (χ3v) is 3.99. The zero-order valence-electron chi connectivity index (χ0n) is 10.6. The summed E-state index contributed by atoms with van der Waals surface area (Å²) in [5.74, 6) is -0.0946. The molecule has 0 saturated carbocycles. The van der Waals surface area contributed by atoms with E-state index in [0.29, 0.717) is 25.9 Å². The molecule has 0 radical (unpaired) electrons. The van der Waals surface area contributed by atoms with Crippen molar-refractivity contribution < 1.29 is 13.2 Å². The van der Waals surface area contributed by atoms with Gasteiger partial charge in [-0.05, 0) is 26.7 Å². The molecule has 0 aliphatic carbocycles. The molecule has 1 rings (SSSR count). The highest BCUT2D eigenvalue weighted by atomic mass is 32.2. The molecule has 0 atom stereocenters. The van der Waals surface area contributed by atoms with E-state index >= 15 is 0 Å². The van der Waals surface area contributed by atoms with Crippen LogP contribution < -0.4 is 5.32 Å². The number of amides is 1. The highest BCUT2D eigenvalue weighted by Gasteiger charge is 2.25. The summed E-state index contributed by atoms with van der Waals surface area (Å²) in [5.41, 5.74) is 0.955. The number of rotatable bonds is 3. The van der Waals surface area contributed by atoms with Crippen molar-refractivity contribution in [3.05, 3.63) is 11.6 Å². The minimum absolute atomic E-state index is 0.0797. The molecule has 0 aromatic carbocycles. The molecule has 1 amide bonds. The Bertz CT molecular complexity index is 402. The molecule has 0 spiro atoms. The van der Waals surface area contributed by atoms with Crippen molar-refractivity contribution in [2.75, 3.05) is 19.3 Å². The van der Waals surface area contributed by atoms with Crippen LogP contribution in [0.3, 0.4) is 0 Å².